The van der Waals surface area contributed by atoms with Crippen LogP contribution in [0.1, 0.15) is 90.4 Å². The number of unbranched alkanes of at least 4 members (excludes halogenated alkanes) is 7. The first-order valence-electron chi connectivity index (χ1n) is 10.4. The topological polar surface area (TPSA) is 121 Å². The molecular formula is C21H39NO5. The summed E-state index contributed by atoms with van der Waals surface area (Å²) >= 11 is 0. The Kier molecular flexibility index (Phi) is 15.1. The van der Waals surface area contributed by atoms with Crippen molar-refractivity contribution >= 4 is 11.8 Å². The molecule has 0 aliphatic rings. The van der Waals surface area contributed by atoms with Crippen LogP contribution in [0.4, 0.5) is 0 Å². The first kappa shape index (κ1) is 25.8. The fraction of sp³-hybridized carbons (Fsp3) is 0.810. The molecule has 5 N–H and O–H groups in total. The standard InChI is InChI=1S/C21H39NO5/c1-2-3-4-11-14-18(24)15-12-9-7-5-6-8-10-13-16-19(25)21(22,17-23)20(26)27/h8,10,19,23,25H,2-7,9,11-17,22H2,1H3,(H,26,27)/b10-8+/t19-,21+/m0/s1. The predicted octanol–water partition coefficient (Wildman–Crippen LogP) is 3.34. The van der Waals surface area contributed by atoms with E-state index in [1.54, 1.807) is 0 Å². The summed E-state index contributed by atoms with van der Waals surface area (Å²) < 4.78 is 0. The zero-order chi connectivity index (χ0) is 20.5. The maximum Gasteiger partial charge on any atom is 0.328 e. The summed E-state index contributed by atoms with van der Waals surface area (Å²) in [5.41, 5.74) is 3.51. The van der Waals surface area contributed by atoms with Crippen molar-refractivity contribution in [3.05, 3.63) is 12.2 Å². The minimum Gasteiger partial charge on any atom is -0.480 e. The number of carboxylic acids is 1. The second-order valence-corrected chi connectivity index (χ2v) is 7.37. The van der Waals surface area contributed by atoms with E-state index in [0.29, 0.717) is 18.6 Å². The number of carboxylic acid groups (broad SMARTS) is 1. The fourth-order valence-electron chi connectivity index (χ4n) is 2.87. The van der Waals surface area contributed by atoms with E-state index >= 15 is 0 Å². The van der Waals surface area contributed by atoms with Gasteiger partial charge in [-0.2, -0.15) is 0 Å². The van der Waals surface area contributed by atoms with Crippen LogP contribution in [0.5, 0.6) is 0 Å². The Balaban J connectivity index is 3.63. The van der Waals surface area contributed by atoms with Crippen LogP contribution in [-0.2, 0) is 9.59 Å². The van der Waals surface area contributed by atoms with Crippen molar-refractivity contribution in [2.45, 2.75) is 102 Å². The third-order valence-electron chi connectivity index (χ3n) is 4.91. The Morgan fingerprint density at radius 2 is 1.52 bits per heavy atom. The Labute approximate surface area is 163 Å². The Bertz CT molecular complexity index is 438. The minimum atomic E-state index is -2.00. The van der Waals surface area contributed by atoms with Crippen molar-refractivity contribution in [2.75, 3.05) is 6.61 Å². The average Bonchev–Trinajstić information content (AvgIpc) is 2.65. The third-order valence-corrected chi connectivity index (χ3v) is 4.91. The average molecular weight is 386 g/mol. The van der Waals surface area contributed by atoms with Gasteiger partial charge in [0.2, 0.25) is 0 Å². The third kappa shape index (κ3) is 12.0. The van der Waals surface area contributed by atoms with Crippen molar-refractivity contribution in [2.24, 2.45) is 5.73 Å². The van der Waals surface area contributed by atoms with Crippen LogP contribution in [0.3, 0.4) is 0 Å². The number of allylic oxidation sites excluding steroid dienone is 2. The van der Waals surface area contributed by atoms with Gasteiger partial charge in [0.25, 0.3) is 0 Å². The normalized spacial score (nSPS) is 15.0. The van der Waals surface area contributed by atoms with Crippen LogP contribution < -0.4 is 5.73 Å². The number of aliphatic hydroxyl groups excluding tert-OH is 2. The summed E-state index contributed by atoms with van der Waals surface area (Å²) in [5, 5.41) is 27.9. The summed E-state index contributed by atoms with van der Waals surface area (Å²) in [7, 11) is 0. The van der Waals surface area contributed by atoms with Crippen molar-refractivity contribution in [3.63, 3.8) is 0 Å². The van der Waals surface area contributed by atoms with Crippen LogP contribution in [-0.4, -0.2) is 45.3 Å². The number of aliphatic hydroxyl groups is 2. The molecular weight excluding hydrogens is 346 g/mol. The predicted molar refractivity (Wildman–Crippen MR) is 107 cm³/mol. The molecule has 158 valence electrons. The maximum absolute atomic E-state index is 11.7. The zero-order valence-corrected chi connectivity index (χ0v) is 16.9. The number of carbonyl (C=O) groups excluding carboxylic acids is 1. The van der Waals surface area contributed by atoms with Crippen LogP contribution in [0.2, 0.25) is 0 Å². The summed E-state index contributed by atoms with van der Waals surface area (Å²) in [6.45, 7) is 1.37. The molecule has 0 rings (SSSR count). The molecule has 0 bridgehead atoms. The van der Waals surface area contributed by atoms with Crippen molar-refractivity contribution in [1.82, 2.24) is 0 Å². The molecule has 0 fully saturated rings. The highest BCUT2D eigenvalue weighted by Crippen LogP contribution is 2.14. The lowest BCUT2D eigenvalue weighted by Gasteiger charge is -2.27. The largest absolute Gasteiger partial charge is 0.480 e. The second-order valence-electron chi connectivity index (χ2n) is 7.37. The number of hydrogen-bond donors (Lipinski definition) is 4. The Hall–Kier alpha value is -1.24. The molecule has 6 nitrogen and oxygen atoms in total. The summed E-state index contributed by atoms with van der Waals surface area (Å²) in [5.74, 6) is -1.01. The van der Waals surface area contributed by atoms with Gasteiger partial charge in [0.05, 0.1) is 12.7 Å². The van der Waals surface area contributed by atoms with Gasteiger partial charge in [-0.25, -0.2) is 0 Å². The highest BCUT2D eigenvalue weighted by molar-refractivity contribution is 5.79. The molecule has 0 aliphatic heterocycles. The maximum atomic E-state index is 11.7. The number of hydrogen-bond acceptors (Lipinski definition) is 5. The highest BCUT2D eigenvalue weighted by Gasteiger charge is 2.40. The molecule has 0 aromatic rings. The second kappa shape index (κ2) is 15.8. The first-order valence-corrected chi connectivity index (χ1v) is 10.4. The van der Waals surface area contributed by atoms with Crippen LogP contribution in [0.15, 0.2) is 12.2 Å². The zero-order valence-electron chi connectivity index (χ0n) is 16.9. The number of nitrogens with two attached hydrogens (primary N) is 1. The van der Waals surface area contributed by atoms with Gasteiger partial charge >= 0.3 is 5.97 Å². The monoisotopic (exact) mass is 385 g/mol. The molecule has 0 aromatic carbocycles. The molecule has 0 heterocycles. The van der Waals surface area contributed by atoms with Gasteiger partial charge in [0.1, 0.15) is 5.78 Å². The molecule has 0 radical (unpaired) electrons. The molecule has 0 aromatic heterocycles. The smallest absolute Gasteiger partial charge is 0.328 e. The van der Waals surface area contributed by atoms with E-state index in [0.717, 1.165) is 51.4 Å². The van der Waals surface area contributed by atoms with Gasteiger partial charge in [-0.15, -0.1) is 0 Å². The van der Waals surface area contributed by atoms with Gasteiger partial charge in [-0.1, -0.05) is 51.2 Å². The molecule has 0 amide bonds. The van der Waals surface area contributed by atoms with Crippen LogP contribution in [0, 0.1) is 0 Å². The van der Waals surface area contributed by atoms with Gasteiger partial charge in [0.15, 0.2) is 5.54 Å². The highest BCUT2D eigenvalue weighted by atomic mass is 16.4. The van der Waals surface area contributed by atoms with E-state index in [1.165, 1.54) is 12.8 Å². The number of ketones is 1. The first-order chi connectivity index (χ1) is 12.9. The lowest BCUT2D eigenvalue weighted by Crippen LogP contribution is -2.60. The number of rotatable bonds is 18. The van der Waals surface area contributed by atoms with Crippen molar-refractivity contribution in [3.8, 4) is 0 Å². The molecule has 0 aliphatic carbocycles. The van der Waals surface area contributed by atoms with Gasteiger partial charge in [0, 0.05) is 12.8 Å². The summed E-state index contributed by atoms with van der Waals surface area (Å²) in [6, 6.07) is 0. The van der Waals surface area contributed by atoms with Gasteiger partial charge in [-0.05, 0) is 38.5 Å². The fourth-order valence-corrected chi connectivity index (χ4v) is 2.87. The van der Waals surface area contributed by atoms with E-state index in [4.69, 9.17) is 15.9 Å². The SMILES string of the molecule is CCCCCCC(=O)CCCCCC/C=C/CC[C@H](O)[C@](N)(CO)C(=O)O. The Morgan fingerprint density at radius 3 is 2.07 bits per heavy atom. The summed E-state index contributed by atoms with van der Waals surface area (Å²) in [4.78, 5) is 22.7. The van der Waals surface area contributed by atoms with Gasteiger partial charge in [-0.3, -0.25) is 9.59 Å². The van der Waals surface area contributed by atoms with Crippen LogP contribution >= 0.6 is 0 Å². The van der Waals surface area contributed by atoms with Crippen LogP contribution in [0.25, 0.3) is 0 Å². The van der Waals surface area contributed by atoms with E-state index in [2.05, 4.69) is 6.92 Å². The molecule has 6 heteroatoms. The molecule has 0 saturated carbocycles. The molecule has 0 spiro atoms. The van der Waals surface area contributed by atoms with Crippen molar-refractivity contribution in [1.29, 1.82) is 0 Å². The van der Waals surface area contributed by atoms with E-state index in [-0.39, 0.29) is 6.42 Å². The number of Topliss-reactive ketones (excluding diaryl/α,β-unsaturated/α-hetero) is 1. The Morgan fingerprint density at radius 1 is 0.963 bits per heavy atom. The number of aliphatic carboxylic acids is 1. The molecule has 0 unspecified atom stereocenters. The summed E-state index contributed by atoms with van der Waals surface area (Å²) in [6.07, 6.45) is 14.5. The van der Waals surface area contributed by atoms with E-state index < -0.39 is 24.2 Å². The minimum absolute atomic E-state index is 0.195. The van der Waals surface area contributed by atoms with Gasteiger partial charge < -0.3 is 21.1 Å². The molecule has 0 saturated heterocycles. The number of carbonyl (C=O) groups is 2. The lowest BCUT2D eigenvalue weighted by molar-refractivity contribution is -0.150. The van der Waals surface area contributed by atoms with Crippen molar-refractivity contribution < 1.29 is 24.9 Å². The molecule has 27 heavy (non-hydrogen) atoms. The van der Waals surface area contributed by atoms with E-state index in [1.807, 2.05) is 12.2 Å². The molecule has 2 atom stereocenters. The van der Waals surface area contributed by atoms with E-state index in [9.17, 15) is 14.7 Å². The lowest BCUT2D eigenvalue weighted by atomic mass is 9.91. The quantitative estimate of drug-likeness (QED) is 0.212.